The quantitative estimate of drug-likeness (QED) is 0.484. The van der Waals surface area contributed by atoms with Crippen molar-refractivity contribution in [3.05, 3.63) is 0 Å². The lowest BCUT2D eigenvalue weighted by Gasteiger charge is -2.20. The van der Waals surface area contributed by atoms with Gasteiger partial charge in [0.2, 0.25) is 5.91 Å². The largest absolute Gasteiger partial charge is 0.395 e. The van der Waals surface area contributed by atoms with Crippen LogP contribution in [-0.4, -0.2) is 50.0 Å². The van der Waals surface area contributed by atoms with E-state index in [2.05, 4.69) is 17.6 Å². The number of rotatable bonds is 10. The van der Waals surface area contributed by atoms with Gasteiger partial charge >= 0.3 is 0 Å². The molecule has 0 aliphatic heterocycles. The predicted molar refractivity (Wildman–Crippen MR) is 67.9 cm³/mol. The predicted octanol–water partition coefficient (Wildman–Crippen LogP) is 0.278. The van der Waals surface area contributed by atoms with Gasteiger partial charge in [0.15, 0.2) is 0 Å². The Kier molecular flexibility index (Phi) is 10.1. The molecule has 3 N–H and O–H groups in total. The van der Waals surface area contributed by atoms with Gasteiger partial charge in [-0.3, -0.25) is 10.1 Å². The van der Waals surface area contributed by atoms with Gasteiger partial charge in [-0.15, -0.1) is 0 Å². The van der Waals surface area contributed by atoms with E-state index >= 15 is 0 Å². The fraction of sp³-hybridized carbons (Fsp3) is 0.917. The minimum Gasteiger partial charge on any atom is -0.395 e. The highest BCUT2D eigenvalue weighted by atomic mass is 16.5. The van der Waals surface area contributed by atoms with E-state index < -0.39 is 0 Å². The van der Waals surface area contributed by atoms with Crippen molar-refractivity contribution in [1.29, 1.82) is 0 Å². The van der Waals surface area contributed by atoms with Crippen molar-refractivity contribution in [2.45, 2.75) is 45.2 Å². The highest BCUT2D eigenvalue weighted by Crippen LogP contribution is 1.93. The Morgan fingerprint density at radius 3 is 2.65 bits per heavy atom. The number of nitrogens with one attached hydrogen (secondary N) is 2. The highest BCUT2D eigenvalue weighted by molar-refractivity contribution is 5.81. The number of amides is 1. The summed E-state index contributed by atoms with van der Waals surface area (Å²) < 4.78 is 4.93. The van der Waals surface area contributed by atoms with Crippen LogP contribution >= 0.6 is 0 Å². The smallest absolute Gasteiger partial charge is 0.236 e. The number of carbonyl (C=O) groups is 1. The molecule has 2 unspecified atom stereocenters. The SMILES string of the molecule is CCCCCNC(=O)C(C)NC(CO)COC. The van der Waals surface area contributed by atoms with Crippen LogP contribution in [-0.2, 0) is 9.53 Å². The number of unbranched alkanes of at least 4 members (excludes halogenated alkanes) is 2. The Morgan fingerprint density at radius 2 is 2.12 bits per heavy atom. The van der Waals surface area contributed by atoms with Crippen LogP contribution in [0.5, 0.6) is 0 Å². The molecule has 0 aromatic heterocycles. The molecular formula is C12H26N2O3. The first-order chi connectivity index (χ1) is 8.15. The molecule has 0 aliphatic carbocycles. The zero-order valence-electron chi connectivity index (χ0n) is 11.2. The zero-order chi connectivity index (χ0) is 13.1. The number of hydrogen-bond acceptors (Lipinski definition) is 4. The third kappa shape index (κ3) is 8.12. The van der Waals surface area contributed by atoms with E-state index in [4.69, 9.17) is 9.84 Å². The van der Waals surface area contributed by atoms with Crippen molar-refractivity contribution in [2.24, 2.45) is 0 Å². The number of carbonyl (C=O) groups excluding carboxylic acids is 1. The van der Waals surface area contributed by atoms with Crippen LogP contribution in [0.2, 0.25) is 0 Å². The summed E-state index contributed by atoms with van der Waals surface area (Å²) >= 11 is 0. The van der Waals surface area contributed by atoms with Crippen molar-refractivity contribution in [3.63, 3.8) is 0 Å². The van der Waals surface area contributed by atoms with Crippen LogP contribution in [0.1, 0.15) is 33.1 Å². The summed E-state index contributed by atoms with van der Waals surface area (Å²) in [5.41, 5.74) is 0. The number of hydrogen-bond donors (Lipinski definition) is 3. The maximum absolute atomic E-state index is 11.7. The average Bonchev–Trinajstić information content (AvgIpc) is 2.33. The van der Waals surface area contributed by atoms with E-state index in [1.54, 1.807) is 14.0 Å². The van der Waals surface area contributed by atoms with Crippen molar-refractivity contribution in [2.75, 3.05) is 26.9 Å². The first kappa shape index (κ1) is 16.4. The molecule has 5 nitrogen and oxygen atoms in total. The van der Waals surface area contributed by atoms with E-state index in [1.807, 2.05) is 0 Å². The number of methoxy groups -OCH3 is 1. The van der Waals surface area contributed by atoms with E-state index in [-0.39, 0.29) is 24.6 Å². The molecule has 0 aromatic rings. The van der Waals surface area contributed by atoms with Gasteiger partial charge in [-0.2, -0.15) is 0 Å². The number of ether oxygens (including phenoxy) is 1. The van der Waals surface area contributed by atoms with Crippen LogP contribution in [0.25, 0.3) is 0 Å². The van der Waals surface area contributed by atoms with Crippen LogP contribution in [0.4, 0.5) is 0 Å². The maximum Gasteiger partial charge on any atom is 0.236 e. The topological polar surface area (TPSA) is 70.6 Å². The van der Waals surface area contributed by atoms with E-state index in [1.165, 1.54) is 0 Å². The lowest BCUT2D eigenvalue weighted by molar-refractivity contribution is -0.123. The zero-order valence-corrected chi connectivity index (χ0v) is 11.2. The summed E-state index contributed by atoms with van der Waals surface area (Å²) in [6, 6.07) is -0.514. The molecule has 1 amide bonds. The number of aliphatic hydroxyl groups excluding tert-OH is 1. The van der Waals surface area contributed by atoms with Gasteiger partial charge < -0.3 is 15.2 Å². The molecule has 0 saturated heterocycles. The first-order valence-corrected chi connectivity index (χ1v) is 6.29. The van der Waals surface area contributed by atoms with E-state index in [0.29, 0.717) is 13.2 Å². The molecule has 2 atom stereocenters. The molecule has 0 rings (SSSR count). The van der Waals surface area contributed by atoms with Crippen molar-refractivity contribution >= 4 is 5.91 Å². The molecule has 102 valence electrons. The molecule has 0 spiro atoms. The maximum atomic E-state index is 11.7. The van der Waals surface area contributed by atoms with Gasteiger partial charge in [-0.05, 0) is 13.3 Å². The molecule has 0 saturated carbocycles. The Morgan fingerprint density at radius 1 is 1.41 bits per heavy atom. The third-order valence-electron chi connectivity index (χ3n) is 2.55. The van der Waals surface area contributed by atoms with Gasteiger partial charge in [0.05, 0.1) is 25.3 Å². The molecule has 17 heavy (non-hydrogen) atoms. The van der Waals surface area contributed by atoms with Gasteiger partial charge in [-0.1, -0.05) is 19.8 Å². The van der Waals surface area contributed by atoms with Gasteiger partial charge in [0.1, 0.15) is 0 Å². The summed E-state index contributed by atoms with van der Waals surface area (Å²) in [6.45, 7) is 4.98. The lowest BCUT2D eigenvalue weighted by atomic mass is 10.2. The van der Waals surface area contributed by atoms with Crippen molar-refractivity contribution in [1.82, 2.24) is 10.6 Å². The van der Waals surface area contributed by atoms with Gasteiger partial charge in [-0.25, -0.2) is 0 Å². The minimum atomic E-state index is -0.316. The molecular weight excluding hydrogens is 220 g/mol. The molecule has 0 aliphatic rings. The Bertz CT molecular complexity index is 200. The van der Waals surface area contributed by atoms with Crippen LogP contribution in [0.3, 0.4) is 0 Å². The van der Waals surface area contributed by atoms with Crippen molar-refractivity contribution < 1.29 is 14.6 Å². The number of aliphatic hydroxyl groups is 1. The van der Waals surface area contributed by atoms with E-state index in [0.717, 1.165) is 19.3 Å². The second-order valence-electron chi connectivity index (χ2n) is 4.22. The third-order valence-corrected chi connectivity index (χ3v) is 2.55. The lowest BCUT2D eigenvalue weighted by Crippen LogP contribution is -2.49. The normalized spacial score (nSPS) is 14.4. The summed E-state index contributed by atoms with van der Waals surface area (Å²) in [4.78, 5) is 11.7. The summed E-state index contributed by atoms with van der Waals surface area (Å²) in [6.07, 6.45) is 3.28. The van der Waals surface area contributed by atoms with E-state index in [9.17, 15) is 4.79 Å². The Hall–Kier alpha value is -0.650. The molecule has 5 heteroatoms. The van der Waals surface area contributed by atoms with Gasteiger partial charge in [0.25, 0.3) is 0 Å². The highest BCUT2D eigenvalue weighted by Gasteiger charge is 2.16. The summed E-state index contributed by atoms with van der Waals surface area (Å²) in [5.74, 6) is -0.0318. The monoisotopic (exact) mass is 246 g/mol. The molecule has 0 bridgehead atoms. The standard InChI is InChI=1S/C12H26N2O3/c1-4-5-6-7-13-12(16)10(2)14-11(8-15)9-17-3/h10-11,14-15H,4-9H2,1-3H3,(H,13,16). The summed E-state index contributed by atoms with van der Waals surface area (Å²) in [5, 5.41) is 14.9. The fourth-order valence-electron chi connectivity index (χ4n) is 1.52. The minimum absolute atomic E-state index is 0.0318. The molecule has 0 heterocycles. The second-order valence-corrected chi connectivity index (χ2v) is 4.22. The fourth-order valence-corrected chi connectivity index (χ4v) is 1.52. The van der Waals surface area contributed by atoms with Crippen LogP contribution < -0.4 is 10.6 Å². The first-order valence-electron chi connectivity index (χ1n) is 6.29. The Labute approximate surface area is 104 Å². The van der Waals surface area contributed by atoms with Crippen LogP contribution in [0.15, 0.2) is 0 Å². The molecule has 0 fully saturated rings. The molecule has 0 aromatic carbocycles. The average molecular weight is 246 g/mol. The Balaban J connectivity index is 3.78. The van der Waals surface area contributed by atoms with Gasteiger partial charge in [0, 0.05) is 13.7 Å². The summed E-state index contributed by atoms with van der Waals surface area (Å²) in [7, 11) is 1.57. The molecule has 0 radical (unpaired) electrons. The second kappa shape index (κ2) is 10.5. The van der Waals surface area contributed by atoms with Crippen LogP contribution in [0, 0.1) is 0 Å². The van der Waals surface area contributed by atoms with Crippen molar-refractivity contribution in [3.8, 4) is 0 Å².